The van der Waals surface area contributed by atoms with Crippen LogP contribution < -0.4 is 0 Å². The SMILES string of the molecule is CCCSc1ccc(-c2ncc[nH]2)cc1. The third kappa shape index (κ3) is 2.63. The van der Waals surface area contributed by atoms with E-state index in [0.717, 1.165) is 11.4 Å². The van der Waals surface area contributed by atoms with E-state index in [1.54, 1.807) is 6.20 Å². The van der Waals surface area contributed by atoms with E-state index in [4.69, 9.17) is 0 Å². The molecule has 0 aliphatic heterocycles. The number of H-pyrrole nitrogens is 1. The van der Waals surface area contributed by atoms with Crippen LogP contribution in [0.25, 0.3) is 11.4 Å². The van der Waals surface area contributed by atoms with Gasteiger partial charge in [-0.2, -0.15) is 0 Å². The Morgan fingerprint density at radius 3 is 2.67 bits per heavy atom. The van der Waals surface area contributed by atoms with Crippen molar-refractivity contribution in [2.24, 2.45) is 0 Å². The lowest BCUT2D eigenvalue weighted by Crippen LogP contribution is -1.81. The van der Waals surface area contributed by atoms with Crippen LogP contribution in [0.1, 0.15) is 13.3 Å². The Hall–Kier alpha value is -1.22. The predicted molar refractivity (Wildman–Crippen MR) is 65.0 cm³/mol. The Labute approximate surface area is 94.1 Å². The summed E-state index contributed by atoms with van der Waals surface area (Å²) >= 11 is 1.90. The highest BCUT2D eigenvalue weighted by Gasteiger charge is 1.99. The first kappa shape index (κ1) is 10.3. The summed E-state index contributed by atoms with van der Waals surface area (Å²) in [6, 6.07) is 8.52. The van der Waals surface area contributed by atoms with Gasteiger partial charge >= 0.3 is 0 Å². The van der Waals surface area contributed by atoms with Crippen molar-refractivity contribution >= 4 is 11.8 Å². The summed E-state index contributed by atoms with van der Waals surface area (Å²) < 4.78 is 0. The highest BCUT2D eigenvalue weighted by molar-refractivity contribution is 7.99. The molecule has 2 nitrogen and oxygen atoms in total. The minimum Gasteiger partial charge on any atom is -0.345 e. The predicted octanol–water partition coefficient (Wildman–Crippen LogP) is 3.58. The summed E-state index contributed by atoms with van der Waals surface area (Å²) in [5.41, 5.74) is 1.14. The van der Waals surface area contributed by atoms with Crippen LogP contribution in [-0.4, -0.2) is 15.7 Å². The molecule has 1 N–H and O–H groups in total. The molecular formula is C12H14N2S. The first-order valence-corrected chi connectivity index (χ1v) is 6.11. The minimum absolute atomic E-state index is 0.932. The third-order valence-corrected chi connectivity index (χ3v) is 3.32. The zero-order valence-electron chi connectivity index (χ0n) is 8.73. The second kappa shape index (κ2) is 5.03. The summed E-state index contributed by atoms with van der Waals surface area (Å²) in [7, 11) is 0. The van der Waals surface area contributed by atoms with Gasteiger partial charge in [-0.1, -0.05) is 19.1 Å². The van der Waals surface area contributed by atoms with Crippen LogP contribution in [0.4, 0.5) is 0 Å². The quantitative estimate of drug-likeness (QED) is 0.795. The molecule has 1 heterocycles. The van der Waals surface area contributed by atoms with Crippen LogP contribution in [0.5, 0.6) is 0 Å². The van der Waals surface area contributed by atoms with Crippen molar-refractivity contribution in [3.63, 3.8) is 0 Å². The number of benzene rings is 1. The number of aromatic nitrogens is 2. The lowest BCUT2D eigenvalue weighted by Gasteiger charge is -2.01. The first-order chi connectivity index (χ1) is 7.40. The van der Waals surface area contributed by atoms with Crippen LogP contribution in [0.15, 0.2) is 41.6 Å². The van der Waals surface area contributed by atoms with Crippen molar-refractivity contribution in [1.82, 2.24) is 9.97 Å². The Kier molecular flexibility index (Phi) is 3.45. The van der Waals surface area contributed by atoms with Crippen LogP contribution in [0, 0.1) is 0 Å². The van der Waals surface area contributed by atoms with Crippen molar-refractivity contribution < 1.29 is 0 Å². The molecule has 0 unspecified atom stereocenters. The fourth-order valence-electron chi connectivity index (χ4n) is 1.35. The standard InChI is InChI=1S/C12H14N2S/c1-2-9-15-11-5-3-10(4-6-11)12-13-7-8-14-12/h3-8H,2,9H2,1H3,(H,13,14). The number of rotatable bonds is 4. The van der Waals surface area contributed by atoms with Gasteiger partial charge in [0.2, 0.25) is 0 Å². The van der Waals surface area contributed by atoms with E-state index >= 15 is 0 Å². The van der Waals surface area contributed by atoms with E-state index < -0.39 is 0 Å². The molecule has 0 bridgehead atoms. The largest absolute Gasteiger partial charge is 0.345 e. The van der Waals surface area contributed by atoms with Gasteiger partial charge in [-0.05, 0) is 24.3 Å². The summed E-state index contributed by atoms with van der Waals surface area (Å²) in [6.45, 7) is 2.20. The van der Waals surface area contributed by atoms with Gasteiger partial charge in [0.05, 0.1) is 0 Å². The van der Waals surface area contributed by atoms with Crippen molar-refractivity contribution in [2.75, 3.05) is 5.75 Å². The monoisotopic (exact) mass is 218 g/mol. The van der Waals surface area contributed by atoms with E-state index in [0.29, 0.717) is 0 Å². The molecular weight excluding hydrogens is 204 g/mol. The molecule has 15 heavy (non-hydrogen) atoms. The van der Waals surface area contributed by atoms with Crippen LogP contribution in [-0.2, 0) is 0 Å². The fourth-order valence-corrected chi connectivity index (χ4v) is 2.12. The molecule has 0 spiro atoms. The molecule has 1 aromatic heterocycles. The number of hydrogen-bond acceptors (Lipinski definition) is 2. The lowest BCUT2D eigenvalue weighted by atomic mass is 10.2. The molecule has 0 atom stereocenters. The van der Waals surface area contributed by atoms with Crippen LogP contribution in [0.2, 0.25) is 0 Å². The molecule has 0 saturated heterocycles. The van der Waals surface area contributed by atoms with Crippen LogP contribution >= 0.6 is 11.8 Å². The maximum atomic E-state index is 4.22. The molecule has 2 rings (SSSR count). The first-order valence-electron chi connectivity index (χ1n) is 5.13. The van der Waals surface area contributed by atoms with Gasteiger partial charge in [-0.15, -0.1) is 11.8 Å². The van der Waals surface area contributed by atoms with Gasteiger partial charge in [0.1, 0.15) is 5.82 Å². The normalized spacial score (nSPS) is 10.5. The number of imidazole rings is 1. The summed E-state index contributed by atoms with van der Waals surface area (Å²) in [4.78, 5) is 8.64. The molecule has 78 valence electrons. The Morgan fingerprint density at radius 2 is 2.07 bits per heavy atom. The maximum absolute atomic E-state index is 4.22. The number of aromatic amines is 1. The zero-order chi connectivity index (χ0) is 10.5. The van der Waals surface area contributed by atoms with E-state index in [1.165, 1.54) is 17.1 Å². The van der Waals surface area contributed by atoms with Gasteiger partial charge in [0.25, 0.3) is 0 Å². The van der Waals surface area contributed by atoms with Crippen molar-refractivity contribution in [1.29, 1.82) is 0 Å². The zero-order valence-corrected chi connectivity index (χ0v) is 9.55. The minimum atomic E-state index is 0.932. The number of nitrogens with one attached hydrogen (secondary N) is 1. The Bertz CT molecular complexity index is 392. The topological polar surface area (TPSA) is 28.7 Å². The van der Waals surface area contributed by atoms with Gasteiger partial charge in [0, 0.05) is 22.9 Å². The molecule has 0 saturated carbocycles. The number of hydrogen-bond donors (Lipinski definition) is 1. The second-order valence-corrected chi connectivity index (χ2v) is 4.48. The van der Waals surface area contributed by atoms with Gasteiger partial charge < -0.3 is 4.98 Å². The summed E-state index contributed by atoms with van der Waals surface area (Å²) in [5, 5.41) is 0. The Morgan fingerprint density at radius 1 is 1.27 bits per heavy atom. The van der Waals surface area contributed by atoms with Crippen LogP contribution in [0.3, 0.4) is 0 Å². The number of nitrogens with zero attached hydrogens (tertiary/aromatic N) is 1. The fraction of sp³-hybridized carbons (Fsp3) is 0.250. The molecule has 2 aromatic rings. The van der Waals surface area contributed by atoms with Crippen molar-refractivity contribution in [2.45, 2.75) is 18.2 Å². The van der Waals surface area contributed by atoms with Gasteiger partial charge in [-0.25, -0.2) is 4.98 Å². The smallest absolute Gasteiger partial charge is 0.137 e. The summed E-state index contributed by atoms with van der Waals surface area (Å²) in [5.74, 6) is 2.11. The second-order valence-electron chi connectivity index (χ2n) is 3.31. The molecule has 0 radical (unpaired) electrons. The average Bonchev–Trinajstić information content (AvgIpc) is 2.80. The average molecular weight is 218 g/mol. The van der Waals surface area contributed by atoms with Gasteiger partial charge in [-0.3, -0.25) is 0 Å². The third-order valence-electron chi connectivity index (χ3n) is 2.10. The highest BCUT2D eigenvalue weighted by atomic mass is 32.2. The molecule has 1 aromatic carbocycles. The van der Waals surface area contributed by atoms with E-state index in [9.17, 15) is 0 Å². The maximum Gasteiger partial charge on any atom is 0.137 e. The molecule has 0 fully saturated rings. The highest BCUT2D eigenvalue weighted by Crippen LogP contribution is 2.22. The molecule has 0 aliphatic rings. The lowest BCUT2D eigenvalue weighted by molar-refractivity contribution is 1.10. The summed E-state index contributed by atoms with van der Waals surface area (Å²) in [6.07, 6.45) is 4.83. The number of thioether (sulfide) groups is 1. The van der Waals surface area contributed by atoms with Gasteiger partial charge in [0.15, 0.2) is 0 Å². The Balaban J connectivity index is 2.11. The van der Waals surface area contributed by atoms with E-state index in [2.05, 4.69) is 41.2 Å². The molecule has 0 amide bonds. The van der Waals surface area contributed by atoms with Crippen molar-refractivity contribution in [3.05, 3.63) is 36.7 Å². The van der Waals surface area contributed by atoms with Crippen molar-refractivity contribution in [3.8, 4) is 11.4 Å². The molecule has 3 heteroatoms. The van der Waals surface area contributed by atoms with E-state index in [-0.39, 0.29) is 0 Å². The van der Waals surface area contributed by atoms with E-state index in [1.807, 2.05) is 18.0 Å². The molecule has 0 aliphatic carbocycles.